The number of rotatable bonds is 3. The molecule has 3 heteroatoms. The third kappa shape index (κ3) is 4.57. The van der Waals surface area contributed by atoms with Crippen LogP contribution in [0.1, 0.15) is 27.2 Å². The Bertz CT molecular complexity index is 228. The van der Waals surface area contributed by atoms with Crippen molar-refractivity contribution in [1.82, 2.24) is 15.1 Å². The van der Waals surface area contributed by atoms with E-state index in [9.17, 15) is 0 Å². The van der Waals surface area contributed by atoms with Gasteiger partial charge < -0.3 is 15.1 Å². The lowest BCUT2D eigenvalue weighted by Gasteiger charge is -2.30. The van der Waals surface area contributed by atoms with Gasteiger partial charge in [0.15, 0.2) is 0 Å². The third-order valence-corrected chi connectivity index (χ3v) is 3.79. The molecule has 0 aliphatic carbocycles. The van der Waals surface area contributed by atoms with Gasteiger partial charge in [-0.2, -0.15) is 0 Å². The van der Waals surface area contributed by atoms with E-state index in [0.717, 1.165) is 5.92 Å². The fourth-order valence-electron chi connectivity index (χ4n) is 3.14. The van der Waals surface area contributed by atoms with Crippen LogP contribution < -0.4 is 5.32 Å². The summed E-state index contributed by atoms with van der Waals surface area (Å²) < 4.78 is 0. The molecule has 17 heavy (non-hydrogen) atoms. The van der Waals surface area contributed by atoms with Crippen molar-refractivity contribution in [2.45, 2.75) is 27.2 Å². The van der Waals surface area contributed by atoms with Gasteiger partial charge in [0, 0.05) is 45.8 Å². The summed E-state index contributed by atoms with van der Waals surface area (Å²) in [6.07, 6.45) is 1.40. The normalized spacial score (nSPS) is 28.8. The quantitative estimate of drug-likeness (QED) is 0.800. The second-order valence-corrected chi connectivity index (χ2v) is 7.00. The Hall–Kier alpha value is -0.120. The lowest BCUT2D eigenvalue weighted by molar-refractivity contribution is 0.188. The van der Waals surface area contributed by atoms with Gasteiger partial charge in [0.05, 0.1) is 0 Å². The molecule has 0 bridgehead atoms. The lowest BCUT2D eigenvalue weighted by atomic mass is 9.96. The van der Waals surface area contributed by atoms with Gasteiger partial charge in [0.2, 0.25) is 0 Å². The summed E-state index contributed by atoms with van der Waals surface area (Å²) in [7, 11) is 0. The van der Waals surface area contributed by atoms with Crippen molar-refractivity contribution in [1.29, 1.82) is 0 Å². The number of nitrogens with one attached hydrogen (secondary N) is 1. The zero-order valence-electron chi connectivity index (χ0n) is 11.8. The number of piperazine rings is 1. The Balaban J connectivity index is 1.70. The van der Waals surface area contributed by atoms with Gasteiger partial charge in [-0.05, 0) is 24.3 Å². The summed E-state index contributed by atoms with van der Waals surface area (Å²) in [6, 6.07) is 0. The van der Waals surface area contributed by atoms with Gasteiger partial charge in [0.1, 0.15) is 0 Å². The predicted molar refractivity (Wildman–Crippen MR) is 73.3 cm³/mol. The second-order valence-electron chi connectivity index (χ2n) is 7.00. The van der Waals surface area contributed by atoms with Crippen LogP contribution in [0.3, 0.4) is 0 Å². The van der Waals surface area contributed by atoms with Crippen molar-refractivity contribution in [3.8, 4) is 0 Å². The van der Waals surface area contributed by atoms with Crippen molar-refractivity contribution in [3.63, 3.8) is 0 Å². The number of hydrogen-bond acceptors (Lipinski definition) is 3. The Kier molecular flexibility index (Phi) is 4.45. The highest BCUT2D eigenvalue weighted by atomic mass is 15.2. The summed E-state index contributed by atoms with van der Waals surface area (Å²) >= 11 is 0. The largest absolute Gasteiger partial charge is 0.314 e. The fraction of sp³-hybridized carbons (Fsp3) is 1.00. The smallest absolute Gasteiger partial charge is 0.0107 e. The Morgan fingerprint density at radius 1 is 1.06 bits per heavy atom. The Morgan fingerprint density at radius 2 is 1.76 bits per heavy atom. The second kappa shape index (κ2) is 5.68. The molecule has 2 heterocycles. The SMILES string of the molecule is CC(C)(C)CN1CCC(CN2CCNCC2)C1. The summed E-state index contributed by atoms with van der Waals surface area (Å²) in [6.45, 7) is 17.1. The Labute approximate surface area is 107 Å². The molecule has 0 aromatic carbocycles. The van der Waals surface area contributed by atoms with E-state index in [-0.39, 0.29) is 0 Å². The van der Waals surface area contributed by atoms with Crippen LogP contribution in [0.25, 0.3) is 0 Å². The minimum Gasteiger partial charge on any atom is -0.314 e. The average molecular weight is 239 g/mol. The molecule has 0 saturated carbocycles. The zero-order chi connectivity index (χ0) is 12.3. The van der Waals surface area contributed by atoms with Crippen LogP contribution >= 0.6 is 0 Å². The Morgan fingerprint density at radius 3 is 2.41 bits per heavy atom. The molecule has 0 spiro atoms. The van der Waals surface area contributed by atoms with Crippen LogP contribution in [0.15, 0.2) is 0 Å². The first-order valence-electron chi connectivity index (χ1n) is 7.18. The molecular formula is C14H29N3. The number of hydrogen-bond donors (Lipinski definition) is 1. The first-order valence-corrected chi connectivity index (χ1v) is 7.18. The van der Waals surface area contributed by atoms with E-state index in [0.29, 0.717) is 5.41 Å². The molecule has 0 aromatic heterocycles. The van der Waals surface area contributed by atoms with Crippen molar-refractivity contribution >= 4 is 0 Å². The predicted octanol–water partition coefficient (Wildman–Crippen LogP) is 1.26. The van der Waals surface area contributed by atoms with Crippen molar-refractivity contribution < 1.29 is 0 Å². The molecule has 2 fully saturated rings. The fourth-order valence-corrected chi connectivity index (χ4v) is 3.14. The van der Waals surface area contributed by atoms with E-state index in [1.807, 2.05) is 0 Å². The molecule has 2 rings (SSSR count). The monoisotopic (exact) mass is 239 g/mol. The van der Waals surface area contributed by atoms with Crippen LogP contribution in [0.5, 0.6) is 0 Å². The van der Waals surface area contributed by atoms with Gasteiger partial charge in [-0.3, -0.25) is 0 Å². The molecule has 100 valence electrons. The molecule has 1 N–H and O–H groups in total. The molecule has 2 aliphatic heterocycles. The number of nitrogens with zero attached hydrogens (tertiary/aromatic N) is 2. The topological polar surface area (TPSA) is 18.5 Å². The van der Waals surface area contributed by atoms with Crippen LogP contribution in [0, 0.1) is 11.3 Å². The van der Waals surface area contributed by atoms with Crippen molar-refractivity contribution in [2.24, 2.45) is 11.3 Å². The van der Waals surface area contributed by atoms with Crippen LogP contribution in [-0.4, -0.2) is 62.2 Å². The standard InChI is InChI=1S/C14H29N3/c1-14(2,3)12-17-7-4-13(11-17)10-16-8-5-15-6-9-16/h13,15H,4-12H2,1-3H3. The van der Waals surface area contributed by atoms with Crippen LogP contribution in [0.2, 0.25) is 0 Å². The van der Waals surface area contributed by atoms with E-state index in [4.69, 9.17) is 0 Å². The highest BCUT2D eigenvalue weighted by Gasteiger charge is 2.27. The molecule has 3 nitrogen and oxygen atoms in total. The summed E-state index contributed by atoms with van der Waals surface area (Å²) in [5, 5.41) is 3.43. The molecule has 1 unspecified atom stereocenters. The van der Waals surface area contributed by atoms with E-state index in [1.54, 1.807) is 0 Å². The molecule has 0 aromatic rings. The molecule has 0 amide bonds. The van der Waals surface area contributed by atoms with Crippen LogP contribution in [-0.2, 0) is 0 Å². The average Bonchev–Trinajstić information content (AvgIpc) is 2.64. The summed E-state index contributed by atoms with van der Waals surface area (Å²) in [5.74, 6) is 0.912. The van der Waals surface area contributed by atoms with Gasteiger partial charge >= 0.3 is 0 Å². The van der Waals surface area contributed by atoms with Gasteiger partial charge in [-0.1, -0.05) is 20.8 Å². The highest BCUT2D eigenvalue weighted by Crippen LogP contribution is 2.23. The third-order valence-electron chi connectivity index (χ3n) is 3.79. The maximum absolute atomic E-state index is 3.43. The zero-order valence-corrected chi connectivity index (χ0v) is 11.8. The molecule has 1 atom stereocenters. The first kappa shape index (κ1) is 13.3. The van der Waals surface area contributed by atoms with Crippen molar-refractivity contribution in [3.05, 3.63) is 0 Å². The summed E-state index contributed by atoms with van der Waals surface area (Å²) in [4.78, 5) is 5.30. The molecular weight excluding hydrogens is 210 g/mol. The van der Waals surface area contributed by atoms with E-state index >= 15 is 0 Å². The maximum Gasteiger partial charge on any atom is 0.0107 e. The maximum atomic E-state index is 3.43. The molecule has 2 aliphatic rings. The van der Waals surface area contributed by atoms with E-state index in [1.165, 1.54) is 58.8 Å². The van der Waals surface area contributed by atoms with Crippen molar-refractivity contribution in [2.75, 3.05) is 52.4 Å². The minimum absolute atomic E-state index is 0.448. The van der Waals surface area contributed by atoms with Gasteiger partial charge in [-0.15, -0.1) is 0 Å². The minimum atomic E-state index is 0.448. The number of likely N-dealkylation sites (tertiary alicyclic amines) is 1. The molecule has 2 saturated heterocycles. The highest BCUT2D eigenvalue weighted by molar-refractivity contribution is 4.82. The van der Waals surface area contributed by atoms with E-state index < -0.39 is 0 Å². The summed E-state index contributed by atoms with van der Waals surface area (Å²) in [5.41, 5.74) is 0.448. The first-order chi connectivity index (χ1) is 8.03. The molecule has 0 radical (unpaired) electrons. The van der Waals surface area contributed by atoms with Gasteiger partial charge in [0.25, 0.3) is 0 Å². The lowest BCUT2D eigenvalue weighted by Crippen LogP contribution is -2.45. The van der Waals surface area contributed by atoms with Gasteiger partial charge in [-0.25, -0.2) is 0 Å². The van der Waals surface area contributed by atoms with Crippen LogP contribution in [0.4, 0.5) is 0 Å². The van der Waals surface area contributed by atoms with E-state index in [2.05, 4.69) is 35.9 Å².